The highest BCUT2D eigenvalue weighted by Gasteiger charge is 2.10. The summed E-state index contributed by atoms with van der Waals surface area (Å²) in [5.74, 6) is -0.869. The first-order valence-electron chi connectivity index (χ1n) is 10.5. The van der Waals surface area contributed by atoms with Crippen LogP contribution in [0, 0.1) is 12.7 Å². The SMILES string of the molecule is Cc1ccc(C(=O)Oc2ccc(/C=N\NC(=O)c3ccn(Cc4ccccc4F)n3)cc2)cc1. The molecule has 0 atom stereocenters. The number of aromatic nitrogens is 2. The summed E-state index contributed by atoms with van der Waals surface area (Å²) in [6.07, 6.45) is 3.06. The average molecular weight is 456 g/mol. The lowest BCUT2D eigenvalue weighted by atomic mass is 10.1. The van der Waals surface area contributed by atoms with Crippen molar-refractivity contribution in [3.05, 3.63) is 119 Å². The summed E-state index contributed by atoms with van der Waals surface area (Å²) >= 11 is 0. The van der Waals surface area contributed by atoms with Crippen molar-refractivity contribution >= 4 is 18.1 Å². The first-order valence-corrected chi connectivity index (χ1v) is 10.5. The molecule has 4 aromatic rings. The minimum atomic E-state index is -0.493. The topological polar surface area (TPSA) is 85.6 Å². The zero-order chi connectivity index (χ0) is 23.9. The number of nitrogens with one attached hydrogen (secondary N) is 1. The molecule has 0 bridgehead atoms. The van der Waals surface area contributed by atoms with Crippen molar-refractivity contribution in [2.24, 2.45) is 5.10 Å². The maximum Gasteiger partial charge on any atom is 0.343 e. The lowest BCUT2D eigenvalue weighted by Gasteiger charge is -2.05. The van der Waals surface area contributed by atoms with E-state index in [2.05, 4.69) is 15.6 Å². The van der Waals surface area contributed by atoms with Crippen LogP contribution in [0.5, 0.6) is 5.75 Å². The number of hydrazone groups is 1. The van der Waals surface area contributed by atoms with Crippen LogP contribution in [0.2, 0.25) is 0 Å². The Morgan fingerprint density at radius 3 is 2.50 bits per heavy atom. The number of rotatable bonds is 7. The van der Waals surface area contributed by atoms with Crippen molar-refractivity contribution in [1.29, 1.82) is 0 Å². The van der Waals surface area contributed by atoms with Crippen LogP contribution in [0.15, 0.2) is 90.2 Å². The van der Waals surface area contributed by atoms with Crippen LogP contribution in [0.4, 0.5) is 4.39 Å². The fourth-order valence-electron chi connectivity index (χ4n) is 3.07. The lowest BCUT2D eigenvalue weighted by Crippen LogP contribution is -2.18. The molecule has 0 aliphatic rings. The van der Waals surface area contributed by atoms with Crippen LogP contribution in [-0.2, 0) is 6.54 Å². The highest BCUT2D eigenvalue weighted by Crippen LogP contribution is 2.14. The van der Waals surface area contributed by atoms with Crippen LogP contribution >= 0.6 is 0 Å². The number of amides is 1. The second-order valence-electron chi connectivity index (χ2n) is 7.51. The molecule has 8 heteroatoms. The molecule has 0 saturated heterocycles. The Hall–Kier alpha value is -4.59. The second kappa shape index (κ2) is 10.4. The predicted molar refractivity (Wildman–Crippen MR) is 125 cm³/mol. The maximum atomic E-state index is 13.8. The minimum absolute atomic E-state index is 0.159. The summed E-state index contributed by atoms with van der Waals surface area (Å²) in [7, 11) is 0. The molecule has 1 aromatic heterocycles. The Balaban J connectivity index is 1.30. The van der Waals surface area contributed by atoms with Gasteiger partial charge in [-0.2, -0.15) is 10.2 Å². The number of halogens is 1. The Labute approximate surface area is 195 Å². The Morgan fingerprint density at radius 2 is 1.76 bits per heavy atom. The van der Waals surface area contributed by atoms with E-state index in [0.717, 1.165) is 5.56 Å². The Bertz CT molecular complexity index is 1330. The first kappa shape index (κ1) is 22.6. The van der Waals surface area contributed by atoms with Gasteiger partial charge >= 0.3 is 5.97 Å². The molecule has 1 heterocycles. The Kier molecular flexibility index (Phi) is 6.88. The molecule has 0 aliphatic carbocycles. The molecule has 0 fully saturated rings. The number of carbonyl (C=O) groups is 2. The molecule has 0 radical (unpaired) electrons. The van der Waals surface area contributed by atoms with Crippen molar-refractivity contribution in [2.45, 2.75) is 13.5 Å². The molecule has 1 N–H and O–H groups in total. The molecule has 0 aliphatic heterocycles. The van der Waals surface area contributed by atoms with Gasteiger partial charge in [0.15, 0.2) is 5.69 Å². The molecule has 7 nitrogen and oxygen atoms in total. The van der Waals surface area contributed by atoms with Crippen LogP contribution in [0.25, 0.3) is 0 Å². The number of ether oxygens (including phenoxy) is 1. The molecule has 0 spiro atoms. The molecule has 4 rings (SSSR count). The van der Waals surface area contributed by atoms with E-state index in [4.69, 9.17) is 4.74 Å². The number of benzene rings is 3. The van der Waals surface area contributed by atoms with Crippen LogP contribution in [-0.4, -0.2) is 27.9 Å². The minimum Gasteiger partial charge on any atom is -0.423 e. The number of carbonyl (C=O) groups excluding carboxylic acids is 2. The van der Waals surface area contributed by atoms with E-state index in [9.17, 15) is 14.0 Å². The highest BCUT2D eigenvalue weighted by atomic mass is 19.1. The lowest BCUT2D eigenvalue weighted by molar-refractivity contribution is 0.0734. The second-order valence-corrected chi connectivity index (χ2v) is 7.51. The van der Waals surface area contributed by atoms with Crippen LogP contribution in [0.1, 0.15) is 37.5 Å². The van der Waals surface area contributed by atoms with Crippen LogP contribution in [0.3, 0.4) is 0 Å². The maximum absolute atomic E-state index is 13.8. The Morgan fingerprint density at radius 1 is 1.03 bits per heavy atom. The molecule has 170 valence electrons. The van der Waals surface area contributed by atoms with Gasteiger partial charge in [-0.1, -0.05) is 35.9 Å². The van der Waals surface area contributed by atoms with Crippen molar-refractivity contribution in [1.82, 2.24) is 15.2 Å². The van der Waals surface area contributed by atoms with E-state index in [1.165, 1.54) is 23.0 Å². The molecule has 0 unspecified atom stereocenters. The fraction of sp³-hybridized carbons (Fsp3) is 0.0769. The zero-order valence-corrected chi connectivity index (χ0v) is 18.3. The summed E-state index contributed by atoms with van der Waals surface area (Å²) in [4.78, 5) is 24.5. The normalized spacial score (nSPS) is 10.9. The van der Waals surface area contributed by atoms with Gasteiger partial charge in [0, 0.05) is 11.8 Å². The van der Waals surface area contributed by atoms with Gasteiger partial charge in [0.25, 0.3) is 5.91 Å². The summed E-state index contributed by atoms with van der Waals surface area (Å²) < 4.78 is 20.6. The van der Waals surface area contributed by atoms with Crippen LogP contribution < -0.4 is 10.2 Å². The monoisotopic (exact) mass is 456 g/mol. The van der Waals surface area contributed by atoms with Gasteiger partial charge in [0.05, 0.1) is 18.3 Å². The predicted octanol–water partition coefficient (Wildman–Crippen LogP) is 4.36. The molecular formula is C26H21FN4O3. The third-order valence-electron chi connectivity index (χ3n) is 4.92. The largest absolute Gasteiger partial charge is 0.423 e. The van der Waals surface area contributed by atoms with E-state index >= 15 is 0 Å². The summed E-state index contributed by atoms with van der Waals surface area (Å²) in [6, 6.07) is 21.7. The number of aryl methyl sites for hydroxylation is 1. The van der Waals surface area contributed by atoms with Gasteiger partial charge in [0.2, 0.25) is 0 Å². The van der Waals surface area contributed by atoms with Gasteiger partial charge in [-0.05, 0) is 61.0 Å². The number of hydrogen-bond acceptors (Lipinski definition) is 5. The molecule has 0 saturated carbocycles. The third kappa shape index (κ3) is 5.80. The quantitative estimate of drug-likeness (QED) is 0.194. The average Bonchev–Trinajstić information content (AvgIpc) is 3.31. The fourth-order valence-corrected chi connectivity index (χ4v) is 3.07. The number of hydrogen-bond donors (Lipinski definition) is 1. The van der Waals surface area contributed by atoms with Crippen molar-refractivity contribution in [3.63, 3.8) is 0 Å². The van der Waals surface area contributed by atoms with E-state index in [1.807, 2.05) is 19.1 Å². The van der Waals surface area contributed by atoms with Gasteiger partial charge in [-0.25, -0.2) is 14.6 Å². The number of esters is 1. The van der Waals surface area contributed by atoms with Gasteiger partial charge in [-0.3, -0.25) is 9.48 Å². The summed E-state index contributed by atoms with van der Waals surface area (Å²) in [5, 5.41) is 8.09. The van der Waals surface area contributed by atoms with Gasteiger partial charge in [0.1, 0.15) is 11.6 Å². The van der Waals surface area contributed by atoms with Gasteiger partial charge in [-0.15, -0.1) is 0 Å². The molecule has 3 aromatic carbocycles. The summed E-state index contributed by atoms with van der Waals surface area (Å²) in [6.45, 7) is 2.16. The van der Waals surface area contributed by atoms with E-state index in [1.54, 1.807) is 60.8 Å². The molecular weight excluding hydrogens is 435 g/mol. The van der Waals surface area contributed by atoms with Crippen molar-refractivity contribution in [2.75, 3.05) is 0 Å². The molecule has 1 amide bonds. The van der Waals surface area contributed by atoms with Gasteiger partial charge < -0.3 is 4.74 Å². The van der Waals surface area contributed by atoms with E-state index in [-0.39, 0.29) is 18.1 Å². The van der Waals surface area contributed by atoms with E-state index < -0.39 is 11.9 Å². The summed E-state index contributed by atoms with van der Waals surface area (Å²) in [5.41, 5.74) is 5.26. The number of nitrogens with zero attached hydrogens (tertiary/aromatic N) is 3. The van der Waals surface area contributed by atoms with E-state index in [0.29, 0.717) is 22.4 Å². The zero-order valence-electron chi connectivity index (χ0n) is 18.3. The highest BCUT2D eigenvalue weighted by molar-refractivity contribution is 5.93. The molecule has 34 heavy (non-hydrogen) atoms. The first-order chi connectivity index (χ1) is 16.5. The van der Waals surface area contributed by atoms with Crippen molar-refractivity contribution in [3.8, 4) is 5.75 Å². The third-order valence-corrected chi connectivity index (χ3v) is 4.92. The van der Waals surface area contributed by atoms with Crippen molar-refractivity contribution < 1.29 is 18.7 Å². The smallest absolute Gasteiger partial charge is 0.343 e. The standard InChI is InChI=1S/C26H21FN4O3/c1-18-6-10-20(11-7-18)26(33)34-22-12-8-19(9-13-22)16-28-29-25(32)24-14-15-31(30-24)17-21-4-2-3-5-23(21)27/h2-16H,17H2,1H3,(H,29,32)/b28-16-.